The predicted molar refractivity (Wildman–Crippen MR) is 145 cm³/mol. The van der Waals surface area contributed by atoms with Gasteiger partial charge in [0.15, 0.2) is 0 Å². The van der Waals surface area contributed by atoms with Crippen molar-refractivity contribution in [2.24, 2.45) is 21.5 Å². The van der Waals surface area contributed by atoms with E-state index >= 15 is 0 Å². The first-order valence-corrected chi connectivity index (χ1v) is 14.7. The molecule has 5 N–H and O–H groups in total. The zero-order valence-electron chi connectivity index (χ0n) is 20.7. The third-order valence-electron chi connectivity index (χ3n) is 5.42. The molecule has 0 fully saturated rings. The Morgan fingerprint density at radius 3 is 2.08 bits per heavy atom. The standard InChI is InChI=1S/C21H25ClFN5O2S.C2H6O3S/c1-21(2)27-19(24)26-20(25)28(21)16-10-7-14(8-11-16)5-3-4-6-15-9-12-17(13-18(15)22)31(23,29)30;1-2-6(3,4)5/h7-13H,3-6H2,1-2H3,(H4,24,25,26,27);2H2,1H3,(H,3,4,5). The van der Waals surface area contributed by atoms with Crippen LogP contribution in [0.5, 0.6) is 0 Å². The summed E-state index contributed by atoms with van der Waals surface area (Å²) in [4.78, 5) is 9.82. The highest BCUT2D eigenvalue weighted by molar-refractivity contribution is 7.86. The van der Waals surface area contributed by atoms with Crippen molar-refractivity contribution in [3.05, 3.63) is 58.6 Å². The molecule has 0 atom stereocenters. The van der Waals surface area contributed by atoms with E-state index in [-0.39, 0.29) is 16.7 Å². The Labute approximate surface area is 222 Å². The summed E-state index contributed by atoms with van der Waals surface area (Å²) in [6.45, 7) is 5.20. The highest BCUT2D eigenvalue weighted by Gasteiger charge is 2.32. The molecule has 0 amide bonds. The maximum atomic E-state index is 13.0. The monoisotopic (exact) mass is 575 g/mol. The van der Waals surface area contributed by atoms with Gasteiger partial charge in [-0.3, -0.25) is 9.45 Å². The molecule has 2 aromatic rings. The summed E-state index contributed by atoms with van der Waals surface area (Å²) in [7, 11) is -8.41. The van der Waals surface area contributed by atoms with Crippen molar-refractivity contribution in [3.8, 4) is 0 Å². The van der Waals surface area contributed by atoms with Gasteiger partial charge in [-0.15, -0.1) is 3.89 Å². The number of hydrogen-bond donors (Lipinski definition) is 3. The van der Waals surface area contributed by atoms with Crippen LogP contribution in [-0.2, 0) is 33.2 Å². The summed E-state index contributed by atoms with van der Waals surface area (Å²) in [5.41, 5.74) is 14.0. The van der Waals surface area contributed by atoms with Gasteiger partial charge >= 0.3 is 10.2 Å². The minimum Gasteiger partial charge on any atom is -0.369 e. The summed E-state index contributed by atoms with van der Waals surface area (Å²) < 4.78 is 61.9. The molecule has 37 heavy (non-hydrogen) atoms. The first kappa shape index (κ1) is 30.5. The van der Waals surface area contributed by atoms with Crippen molar-refractivity contribution in [2.45, 2.75) is 57.0 Å². The van der Waals surface area contributed by atoms with Gasteiger partial charge in [-0.25, -0.2) is 4.99 Å². The molecule has 0 unspecified atom stereocenters. The topological polar surface area (TPSA) is 169 Å². The number of unbranched alkanes of at least 4 members (excludes halogenated alkanes) is 1. The molecule has 3 rings (SSSR count). The fourth-order valence-corrected chi connectivity index (χ4v) is 4.42. The lowest BCUT2D eigenvalue weighted by Crippen LogP contribution is -2.54. The lowest BCUT2D eigenvalue weighted by atomic mass is 10.0. The van der Waals surface area contributed by atoms with Crippen molar-refractivity contribution in [1.29, 1.82) is 0 Å². The smallest absolute Gasteiger partial charge is 0.332 e. The van der Waals surface area contributed by atoms with E-state index in [4.69, 9.17) is 27.6 Å². The van der Waals surface area contributed by atoms with Gasteiger partial charge in [0, 0.05) is 10.7 Å². The molecular weight excluding hydrogens is 545 g/mol. The van der Waals surface area contributed by atoms with Crippen LogP contribution in [0.2, 0.25) is 5.02 Å². The Kier molecular flexibility index (Phi) is 10.1. The molecule has 14 heteroatoms. The van der Waals surface area contributed by atoms with Gasteiger partial charge in [-0.05, 0) is 81.8 Å². The summed E-state index contributed by atoms with van der Waals surface area (Å²) >= 11 is 6.09. The van der Waals surface area contributed by atoms with Crippen LogP contribution < -0.4 is 16.4 Å². The number of nitrogens with two attached hydrogens (primary N) is 2. The van der Waals surface area contributed by atoms with Gasteiger partial charge in [-0.2, -0.15) is 21.8 Å². The van der Waals surface area contributed by atoms with Crippen molar-refractivity contribution >= 4 is 49.5 Å². The van der Waals surface area contributed by atoms with Gasteiger partial charge < -0.3 is 11.5 Å². The van der Waals surface area contributed by atoms with Crippen LogP contribution in [0.15, 0.2) is 57.3 Å². The van der Waals surface area contributed by atoms with Crippen LogP contribution >= 0.6 is 11.6 Å². The number of anilines is 1. The summed E-state index contributed by atoms with van der Waals surface area (Å²) in [6, 6.07) is 12.0. The number of benzene rings is 2. The van der Waals surface area contributed by atoms with Gasteiger partial charge in [-0.1, -0.05) is 29.8 Å². The summed E-state index contributed by atoms with van der Waals surface area (Å²) in [6.07, 6.45) is 3.32. The number of rotatable bonds is 8. The second-order valence-corrected chi connectivity index (χ2v) is 12.2. The van der Waals surface area contributed by atoms with Crippen LogP contribution in [0.4, 0.5) is 9.57 Å². The van der Waals surface area contributed by atoms with Gasteiger partial charge in [0.25, 0.3) is 10.1 Å². The Balaban J connectivity index is 0.000000717. The molecule has 1 aliphatic heterocycles. The zero-order valence-corrected chi connectivity index (χ0v) is 23.1. The van der Waals surface area contributed by atoms with E-state index < -0.39 is 30.9 Å². The van der Waals surface area contributed by atoms with Crippen molar-refractivity contribution < 1.29 is 25.3 Å². The number of halogens is 2. The van der Waals surface area contributed by atoms with E-state index in [1.807, 2.05) is 43.0 Å². The van der Waals surface area contributed by atoms with E-state index in [2.05, 4.69) is 9.98 Å². The van der Waals surface area contributed by atoms with Gasteiger partial charge in [0.1, 0.15) is 5.66 Å². The lowest BCUT2D eigenvalue weighted by molar-refractivity contribution is 0.484. The first-order valence-electron chi connectivity index (χ1n) is 11.3. The molecule has 204 valence electrons. The molecule has 10 nitrogen and oxygen atoms in total. The van der Waals surface area contributed by atoms with Crippen molar-refractivity contribution in [2.75, 3.05) is 10.7 Å². The third kappa shape index (κ3) is 9.26. The Hall–Kier alpha value is -2.74. The normalized spacial score (nSPS) is 15.4. The average molecular weight is 576 g/mol. The van der Waals surface area contributed by atoms with Crippen LogP contribution in [0.25, 0.3) is 0 Å². The Bertz CT molecular complexity index is 1380. The largest absolute Gasteiger partial charge is 0.369 e. The van der Waals surface area contributed by atoms with E-state index in [9.17, 15) is 20.7 Å². The fraction of sp³-hybridized carbons (Fsp3) is 0.391. The molecule has 0 spiro atoms. The van der Waals surface area contributed by atoms with E-state index in [0.29, 0.717) is 12.4 Å². The number of guanidine groups is 2. The molecule has 0 aromatic heterocycles. The highest BCUT2D eigenvalue weighted by atomic mass is 35.5. The van der Waals surface area contributed by atoms with Crippen LogP contribution in [0, 0.1) is 0 Å². The molecule has 0 bridgehead atoms. The second kappa shape index (κ2) is 12.2. The number of hydrogen-bond acceptors (Lipinski definition) is 9. The Morgan fingerprint density at radius 1 is 1.03 bits per heavy atom. The summed E-state index contributed by atoms with van der Waals surface area (Å²) in [5, 5.41) is 0.259. The third-order valence-corrected chi connectivity index (χ3v) is 7.32. The molecule has 0 radical (unpaired) electrons. The molecule has 1 heterocycles. The minimum absolute atomic E-state index is 0.163. The molecule has 0 saturated heterocycles. The molecule has 0 aliphatic carbocycles. The maximum Gasteiger partial charge on any atom is 0.332 e. The summed E-state index contributed by atoms with van der Waals surface area (Å²) in [5.74, 6) is 0.262. The Morgan fingerprint density at radius 2 is 1.59 bits per heavy atom. The highest BCUT2D eigenvalue weighted by Crippen LogP contribution is 2.28. The lowest BCUT2D eigenvalue weighted by Gasteiger charge is -2.38. The molecule has 2 aromatic carbocycles. The minimum atomic E-state index is -4.74. The van der Waals surface area contributed by atoms with Crippen molar-refractivity contribution in [1.82, 2.24) is 0 Å². The van der Waals surface area contributed by atoms with Gasteiger partial charge in [0.05, 0.1) is 10.6 Å². The van der Waals surface area contributed by atoms with Crippen LogP contribution in [0.1, 0.15) is 44.7 Å². The SMILES string of the molecule is CC1(C)N=C(N)N=C(N)N1c1ccc(CCCCc2ccc(S(=O)(=O)F)cc2Cl)cc1.CCS(=O)(=O)O. The molecule has 1 aliphatic rings. The zero-order chi connectivity index (χ0) is 28.0. The second-order valence-electron chi connectivity index (χ2n) is 8.71. The van der Waals surface area contributed by atoms with Crippen LogP contribution in [0.3, 0.4) is 0 Å². The number of aliphatic imine (C=N–C) groups is 2. The van der Waals surface area contributed by atoms with E-state index in [0.717, 1.165) is 36.6 Å². The number of nitrogens with zero attached hydrogens (tertiary/aromatic N) is 3. The van der Waals surface area contributed by atoms with Crippen molar-refractivity contribution in [3.63, 3.8) is 0 Å². The number of aryl methyl sites for hydroxylation is 2. The maximum absolute atomic E-state index is 13.0. The van der Waals surface area contributed by atoms with Crippen LogP contribution in [-0.4, -0.2) is 44.7 Å². The predicted octanol–water partition coefficient (Wildman–Crippen LogP) is 3.64. The average Bonchev–Trinajstić information content (AvgIpc) is 2.76. The molecular formula is C23H31ClFN5O5S2. The van der Waals surface area contributed by atoms with Gasteiger partial charge in [0.2, 0.25) is 11.9 Å². The van der Waals surface area contributed by atoms with E-state index in [1.54, 1.807) is 6.07 Å². The quantitative estimate of drug-likeness (QED) is 0.243. The molecule has 0 saturated carbocycles. The van der Waals surface area contributed by atoms with E-state index in [1.165, 1.54) is 18.6 Å². The first-order chi connectivity index (χ1) is 17.0. The fourth-order valence-electron chi connectivity index (χ4n) is 3.59.